The summed E-state index contributed by atoms with van der Waals surface area (Å²) in [6.45, 7) is 5.14. The number of rotatable bonds is 4. The van der Waals surface area contributed by atoms with Gasteiger partial charge in [-0.3, -0.25) is 0 Å². The SMILES string of the molecule is COCOCC1=C(Br)[C@H](O)CCC1(C)C. The monoisotopic (exact) mass is 278 g/mol. The molecule has 4 heteroatoms. The minimum atomic E-state index is -0.376. The van der Waals surface area contributed by atoms with E-state index in [0.717, 1.165) is 22.9 Å². The number of hydrogen-bond acceptors (Lipinski definition) is 3. The fourth-order valence-electron chi connectivity index (χ4n) is 1.79. The number of methoxy groups -OCH3 is 1. The van der Waals surface area contributed by atoms with E-state index in [1.165, 1.54) is 0 Å². The fourth-order valence-corrected chi connectivity index (χ4v) is 2.67. The summed E-state index contributed by atoms with van der Waals surface area (Å²) in [5.41, 5.74) is 1.23. The van der Waals surface area contributed by atoms with Crippen LogP contribution in [0.3, 0.4) is 0 Å². The largest absolute Gasteiger partial charge is 0.388 e. The minimum Gasteiger partial charge on any atom is -0.388 e. The number of aliphatic hydroxyl groups is 1. The zero-order chi connectivity index (χ0) is 11.5. The second-order valence-electron chi connectivity index (χ2n) is 4.52. The van der Waals surface area contributed by atoms with Gasteiger partial charge >= 0.3 is 0 Å². The van der Waals surface area contributed by atoms with E-state index in [1.54, 1.807) is 7.11 Å². The van der Waals surface area contributed by atoms with Gasteiger partial charge in [-0.15, -0.1) is 0 Å². The highest BCUT2D eigenvalue weighted by Crippen LogP contribution is 2.42. The highest BCUT2D eigenvalue weighted by Gasteiger charge is 2.33. The summed E-state index contributed by atoms with van der Waals surface area (Å²) in [5.74, 6) is 0. The first kappa shape index (κ1) is 13.2. The van der Waals surface area contributed by atoms with Gasteiger partial charge in [-0.1, -0.05) is 29.8 Å². The van der Waals surface area contributed by atoms with Gasteiger partial charge in [-0.2, -0.15) is 0 Å². The normalized spacial score (nSPS) is 25.8. The topological polar surface area (TPSA) is 38.7 Å². The predicted octanol–water partition coefficient (Wildman–Crippen LogP) is 2.44. The van der Waals surface area contributed by atoms with Crippen molar-refractivity contribution in [2.75, 3.05) is 20.5 Å². The van der Waals surface area contributed by atoms with Gasteiger partial charge in [0.1, 0.15) is 6.79 Å². The molecule has 0 fully saturated rings. The van der Waals surface area contributed by atoms with Crippen molar-refractivity contribution in [1.82, 2.24) is 0 Å². The summed E-state index contributed by atoms with van der Waals surface area (Å²) in [6.07, 6.45) is 1.41. The molecule has 0 radical (unpaired) electrons. The molecule has 0 spiro atoms. The average Bonchev–Trinajstić information content (AvgIpc) is 2.18. The lowest BCUT2D eigenvalue weighted by Crippen LogP contribution is -2.29. The molecule has 1 aliphatic rings. The standard InChI is InChI=1S/C11H19BrO3/c1-11(2)5-4-9(13)10(12)8(11)6-15-7-14-3/h9,13H,4-7H2,1-3H3/t9-/m1/s1. The predicted molar refractivity (Wildman–Crippen MR) is 62.8 cm³/mol. The summed E-state index contributed by atoms with van der Waals surface area (Å²) in [4.78, 5) is 0. The molecule has 88 valence electrons. The van der Waals surface area contributed by atoms with Crippen LogP contribution in [0.4, 0.5) is 0 Å². The molecule has 15 heavy (non-hydrogen) atoms. The van der Waals surface area contributed by atoms with Gasteiger partial charge in [0.2, 0.25) is 0 Å². The highest BCUT2D eigenvalue weighted by atomic mass is 79.9. The Bertz CT molecular complexity index is 248. The van der Waals surface area contributed by atoms with Gasteiger partial charge in [0.25, 0.3) is 0 Å². The molecule has 1 atom stereocenters. The first-order valence-electron chi connectivity index (χ1n) is 5.13. The smallest absolute Gasteiger partial charge is 0.146 e. The van der Waals surface area contributed by atoms with Crippen LogP contribution in [-0.4, -0.2) is 31.7 Å². The van der Waals surface area contributed by atoms with E-state index in [0.29, 0.717) is 6.61 Å². The number of aliphatic hydroxyl groups excluding tert-OH is 1. The van der Waals surface area contributed by atoms with E-state index in [4.69, 9.17) is 9.47 Å². The van der Waals surface area contributed by atoms with Crippen LogP contribution < -0.4 is 0 Å². The number of hydrogen-bond donors (Lipinski definition) is 1. The van der Waals surface area contributed by atoms with E-state index in [9.17, 15) is 5.11 Å². The molecule has 0 heterocycles. The third kappa shape index (κ3) is 3.28. The second kappa shape index (κ2) is 5.43. The maximum absolute atomic E-state index is 9.75. The van der Waals surface area contributed by atoms with Crippen LogP contribution >= 0.6 is 15.9 Å². The first-order chi connectivity index (χ1) is 6.99. The summed E-state index contributed by atoms with van der Waals surface area (Å²) in [6, 6.07) is 0. The van der Waals surface area contributed by atoms with Gasteiger partial charge in [-0.25, -0.2) is 0 Å². The van der Waals surface area contributed by atoms with Crippen LogP contribution in [0.5, 0.6) is 0 Å². The lowest BCUT2D eigenvalue weighted by molar-refractivity contribution is -0.0264. The Labute approximate surface area is 99.6 Å². The third-order valence-electron chi connectivity index (χ3n) is 2.89. The van der Waals surface area contributed by atoms with Gasteiger partial charge < -0.3 is 14.6 Å². The van der Waals surface area contributed by atoms with Crippen LogP contribution in [0.2, 0.25) is 0 Å². The van der Waals surface area contributed by atoms with Crippen molar-refractivity contribution in [3.05, 3.63) is 10.1 Å². The average molecular weight is 279 g/mol. The highest BCUT2D eigenvalue weighted by molar-refractivity contribution is 9.11. The molecule has 3 nitrogen and oxygen atoms in total. The maximum atomic E-state index is 9.75. The van der Waals surface area contributed by atoms with Gasteiger partial charge in [-0.05, 0) is 23.8 Å². The number of halogens is 1. The van der Waals surface area contributed by atoms with Crippen LogP contribution in [-0.2, 0) is 9.47 Å². The summed E-state index contributed by atoms with van der Waals surface area (Å²) >= 11 is 3.46. The molecule has 0 amide bonds. The van der Waals surface area contributed by atoms with E-state index >= 15 is 0 Å². The Hall–Kier alpha value is 0.1000. The molecule has 0 saturated heterocycles. The first-order valence-corrected chi connectivity index (χ1v) is 5.92. The Balaban J connectivity index is 2.73. The Kier molecular flexibility index (Phi) is 4.77. The molecular formula is C11H19BrO3. The molecule has 0 aromatic carbocycles. The van der Waals surface area contributed by atoms with Crippen molar-refractivity contribution >= 4 is 15.9 Å². The van der Waals surface area contributed by atoms with Crippen LogP contribution in [0, 0.1) is 5.41 Å². The Morgan fingerprint density at radius 1 is 1.53 bits per heavy atom. The van der Waals surface area contributed by atoms with Crippen molar-refractivity contribution < 1.29 is 14.6 Å². The molecule has 0 unspecified atom stereocenters. The molecule has 1 rings (SSSR count). The zero-order valence-corrected chi connectivity index (χ0v) is 11.1. The molecule has 0 saturated carbocycles. The molecular weight excluding hydrogens is 260 g/mol. The van der Waals surface area contributed by atoms with Gasteiger partial charge in [0, 0.05) is 11.6 Å². The fraction of sp³-hybridized carbons (Fsp3) is 0.818. The van der Waals surface area contributed by atoms with Gasteiger partial charge in [0.05, 0.1) is 12.7 Å². The van der Waals surface area contributed by atoms with E-state index in [-0.39, 0.29) is 18.3 Å². The minimum absolute atomic E-state index is 0.0891. The lowest BCUT2D eigenvalue weighted by atomic mass is 9.75. The van der Waals surface area contributed by atoms with Crippen molar-refractivity contribution in [2.24, 2.45) is 5.41 Å². The molecule has 0 bridgehead atoms. The van der Waals surface area contributed by atoms with E-state index < -0.39 is 0 Å². The third-order valence-corrected chi connectivity index (χ3v) is 3.90. The zero-order valence-electron chi connectivity index (χ0n) is 9.55. The van der Waals surface area contributed by atoms with Gasteiger partial charge in [0.15, 0.2) is 0 Å². The van der Waals surface area contributed by atoms with Crippen molar-refractivity contribution in [3.63, 3.8) is 0 Å². The van der Waals surface area contributed by atoms with Crippen molar-refractivity contribution in [3.8, 4) is 0 Å². The molecule has 1 aliphatic carbocycles. The Morgan fingerprint density at radius 3 is 2.80 bits per heavy atom. The lowest BCUT2D eigenvalue weighted by Gasteiger charge is -2.35. The second-order valence-corrected chi connectivity index (χ2v) is 5.37. The quantitative estimate of drug-likeness (QED) is 0.634. The summed E-state index contributed by atoms with van der Waals surface area (Å²) in [7, 11) is 1.60. The van der Waals surface area contributed by atoms with E-state index in [1.807, 2.05) is 0 Å². The molecule has 0 aromatic heterocycles. The molecule has 1 N–H and O–H groups in total. The molecule has 0 aromatic rings. The molecule has 0 aliphatic heterocycles. The van der Waals surface area contributed by atoms with Crippen LogP contribution in [0.15, 0.2) is 10.1 Å². The Morgan fingerprint density at radius 2 is 2.20 bits per heavy atom. The van der Waals surface area contributed by atoms with Crippen molar-refractivity contribution in [2.45, 2.75) is 32.8 Å². The summed E-state index contributed by atoms with van der Waals surface area (Å²) in [5, 5.41) is 9.75. The summed E-state index contributed by atoms with van der Waals surface area (Å²) < 4.78 is 11.1. The van der Waals surface area contributed by atoms with E-state index in [2.05, 4.69) is 29.8 Å². The number of ether oxygens (including phenoxy) is 2. The maximum Gasteiger partial charge on any atom is 0.146 e. The van der Waals surface area contributed by atoms with Crippen LogP contribution in [0.1, 0.15) is 26.7 Å². The van der Waals surface area contributed by atoms with Crippen LogP contribution in [0.25, 0.3) is 0 Å². The van der Waals surface area contributed by atoms with Crippen molar-refractivity contribution in [1.29, 1.82) is 0 Å².